The molecule has 0 bridgehead atoms. The van der Waals surface area contributed by atoms with Crippen LogP contribution in [0.3, 0.4) is 0 Å². The summed E-state index contributed by atoms with van der Waals surface area (Å²) in [4.78, 5) is 56.2. The molecule has 204 valence electrons. The number of aryl methyl sites for hydroxylation is 1. The average molecular weight is 583 g/mol. The van der Waals surface area contributed by atoms with Crippen LogP contribution in [0.4, 0.5) is 5.13 Å². The van der Waals surface area contributed by atoms with Crippen LogP contribution in [-0.4, -0.2) is 83.6 Å². The first-order chi connectivity index (χ1) is 18.0. The van der Waals surface area contributed by atoms with E-state index < -0.39 is 41.5 Å². The SMILES string of the molecule is Cn1nnnc1SCC1=C(C(=O)OCOC(=O)C(C)(C)C)N2C(=O)C(NC(=O)Cc3csc(N)n3)C2SC1. The Labute approximate surface area is 230 Å². The van der Waals surface area contributed by atoms with Crippen molar-refractivity contribution in [2.24, 2.45) is 12.5 Å². The third-order valence-corrected chi connectivity index (χ3v) is 8.58. The van der Waals surface area contributed by atoms with Crippen molar-refractivity contribution >= 4 is 63.7 Å². The molecular weight excluding hydrogens is 556 g/mol. The highest BCUT2D eigenvalue weighted by Gasteiger charge is 2.54. The Balaban J connectivity index is 1.47. The van der Waals surface area contributed by atoms with Crippen molar-refractivity contribution in [3.8, 4) is 0 Å². The van der Waals surface area contributed by atoms with E-state index in [0.717, 1.165) is 0 Å². The van der Waals surface area contributed by atoms with Crippen LogP contribution >= 0.6 is 34.9 Å². The summed E-state index contributed by atoms with van der Waals surface area (Å²) < 4.78 is 11.8. The quantitative estimate of drug-likeness (QED) is 0.178. The number of thioether (sulfide) groups is 2. The Morgan fingerprint density at radius 3 is 2.68 bits per heavy atom. The molecule has 0 radical (unpaired) electrons. The lowest BCUT2D eigenvalue weighted by Gasteiger charge is -2.49. The van der Waals surface area contributed by atoms with Gasteiger partial charge in [0.15, 0.2) is 5.13 Å². The second-order valence-corrected chi connectivity index (χ2v) is 12.3. The molecule has 4 rings (SSSR count). The predicted molar refractivity (Wildman–Crippen MR) is 138 cm³/mol. The molecule has 2 aliphatic rings. The molecule has 2 aromatic heterocycles. The van der Waals surface area contributed by atoms with Crippen LogP contribution in [0, 0.1) is 5.41 Å². The van der Waals surface area contributed by atoms with E-state index in [2.05, 4.69) is 25.8 Å². The number of hydrogen-bond acceptors (Lipinski definition) is 14. The Hall–Kier alpha value is -3.18. The lowest BCUT2D eigenvalue weighted by atomic mass is 9.98. The molecule has 0 spiro atoms. The summed E-state index contributed by atoms with van der Waals surface area (Å²) in [6.07, 6.45) is -0.0215. The van der Waals surface area contributed by atoms with Gasteiger partial charge in [-0.3, -0.25) is 19.3 Å². The van der Waals surface area contributed by atoms with Crippen molar-refractivity contribution in [2.75, 3.05) is 24.0 Å². The van der Waals surface area contributed by atoms with Gasteiger partial charge in [0.25, 0.3) is 5.91 Å². The van der Waals surface area contributed by atoms with Crippen molar-refractivity contribution in [3.63, 3.8) is 0 Å². The molecule has 1 saturated heterocycles. The highest BCUT2D eigenvalue weighted by molar-refractivity contribution is 8.01. The number of aromatic nitrogens is 5. The van der Waals surface area contributed by atoms with E-state index in [-0.39, 0.29) is 18.0 Å². The molecule has 4 heterocycles. The Morgan fingerprint density at radius 1 is 1.29 bits per heavy atom. The average Bonchev–Trinajstić information content (AvgIpc) is 3.46. The fourth-order valence-electron chi connectivity index (χ4n) is 3.49. The van der Waals surface area contributed by atoms with Gasteiger partial charge >= 0.3 is 11.9 Å². The number of fused-ring (bicyclic) bond motifs is 1. The van der Waals surface area contributed by atoms with Crippen LogP contribution in [0.15, 0.2) is 21.8 Å². The van der Waals surface area contributed by atoms with Crippen LogP contribution in [0.2, 0.25) is 0 Å². The molecule has 3 N–H and O–H groups in total. The zero-order valence-electron chi connectivity index (χ0n) is 21.0. The zero-order chi connectivity index (χ0) is 27.6. The highest BCUT2D eigenvalue weighted by Crippen LogP contribution is 2.41. The summed E-state index contributed by atoms with van der Waals surface area (Å²) in [5.41, 5.74) is 6.04. The second kappa shape index (κ2) is 11.3. The molecule has 1 fully saturated rings. The first-order valence-electron chi connectivity index (χ1n) is 11.3. The smallest absolute Gasteiger partial charge is 0.357 e. The molecule has 17 heteroatoms. The topological polar surface area (TPSA) is 185 Å². The van der Waals surface area contributed by atoms with E-state index in [0.29, 0.717) is 33.1 Å². The number of amides is 2. The number of tetrazole rings is 1. The molecule has 2 unspecified atom stereocenters. The number of anilines is 1. The van der Waals surface area contributed by atoms with Gasteiger partial charge in [0.05, 0.1) is 17.5 Å². The minimum absolute atomic E-state index is 0.0215. The maximum absolute atomic E-state index is 13.1. The van der Waals surface area contributed by atoms with Gasteiger partial charge in [0.1, 0.15) is 17.1 Å². The number of nitrogen functional groups attached to an aromatic ring is 1. The number of thiazole rings is 1. The van der Waals surface area contributed by atoms with Crippen LogP contribution in [0.25, 0.3) is 0 Å². The number of nitrogens with zero attached hydrogens (tertiary/aromatic N) is 6. The third-order valence-electron chi connectivity index (χ3n) is 5.42. The Morgan fingerprint density at radius 2 is 2.05 bits per heavy atom. The zero-order valence-corrected chi connectivity index (χ0v) is 23.4. The summed E-state index contributed by atoms with van der Waals surface area (Å²) in [7, 11) is 1.69. The first kappa shape index (κ1) is 27.8. The highest BCUT2D eigenvalue weighted by atomic mass is 32.2. The van der Waals surface area contributed by atoms with E-state index in [1.165, 1.54) is 44.4 Å². The van der Waals surface area contributed by atoms with Gasteiger partial charge in [-0.05, 0) is 36.8 Å². The maximum Gasteiger partial charge on any atom is 0.357 e. The number of hydrogen-bond donors (Lipinski definition) is 2. The Kier molecular flexibility index (Phi) is 8.27. The second-order valence-electron chi connectivity index (χ2n) is 9.37. The van der Waals surface area contributed by atoms with Crippen molar-refractivity contribution < 1.29 is 28.7 Å². The fourth-order valence-corrected chi connectivity index (χ4v) is 6.39. The molecule has 2 amide bonds. The van der Waals surface area contributed by atoms with E-state index in [1.54, 1.807) is 33.2 Å². The lowest BCUT2D eigenvalue weighted by molar-refractivity contribution is -0.173. The third kappa shape index (κ3) is 6.10. The van der Waals surface area contributed by atoms with Crippen LogP contribution < -0.4 is 11.1 Å². The van der Waals surface area contributed by atoms with Gasteiger partial charge < -0.3 is 20.5 Å². The largest absolute Gasteiger partial charge is 0.427 e. The normalized spacial score (nSPS) is 19.1. The van der Waals surface area contributed by atoms with Gasteiger partial charge in [-0.25, -0.2) is 14.5 Å². The van der Waals surface area contributed by atoms with E-state index >= 15 is 0 Å². The number of nitrogens with two attached hydrogens (primary N) is 1. The summed E-state index contributed by atoms with van der Waals surface area (Å²) in [5, 5.41) is 16.1. The molecule has 2 aromatic rings. The number of ether oxygens (including phenoxy) is 2. The minimum atomic E-state index is -0.817. The first-order valence-corrected chi connectivity index (χ1v) is 14.2. The number of carbonyl (C=O) groups is 4. The van der Waals surface area contributed by atoms with Crippen LogP contribution in [0.5, 0.6) is 0 Å². The van der Waals surface area contributed by atoms with Gasteiger partial charge in [-0.2, -0.15) is 0 Å². The number of nitrogens with one attached hydrogen (secondary N) is 1. The van der Waals surface area contributed by atoms with Crippen molar-refractivity contribution in [1.82, 2.24) is 35.4 Å². The van der Waals surface area contributed by atoms with Crippen molar-refractivity contribution in [2.45, 2.75) is 43.8 Å². The van der Waals surface area contributed by atoms with Gasteiger partial charge in [0.2, 0.25) is 17.9 Å². The van der Waals surface area contributed by atoms with E-state index in [1.807, 2.05) is 0 Å². The van der Waals surface area contributed by atoms with Crippen molar-refractivity contribution in [1.29, 1.82) is 0 Å². The number of rotatable bonds is 9. The standard InChI is InChI=1S/C21H26N8O6S3/c1-21(2,3)18(33)35-9-34-17(32)14-10(7-38-20-25-26-27-28(20)4)6-36-16-13(15(31)29(14)16)24-12(30)5-11-8-37-19(22)23-11/h8,13,16H,5-7,9H2,1-4H3,(H2,22,23)(H,24,30). The number of carbonyl (C=O) groups excluding carboxylic acids is 4. The Bertz CT molecular complexity index is 1290. The molecular formula is C21H26N8O6S3. The molecule has 2 aliphatic heterocycles. The molecule has 0 aliphatic carbocycles. The number of esters is 2. The van der Waals surface area contributed by atoms with Crippen LogP contribution in [-0.2, 0) is 42.1 Å². The lowest BCUT2D eigenvalue weighted by Crippen LogP contribution is -2.70. The summed E-state index contributed by atoms with van der Waals surface area (Å²) in [6, 6.07) is -0.817. The van der Waals surface area contributed by atoms with Crippen LogP contribution in [0.1, 0.15) is 26.5 Å². The number of β-lactam (4-membered cyclic amide) rings is 1. The van der Waals surface area contributed by atoms with E-state index in [9.17, 15) is 19.2 Å². The van der Waals surface area contributed by atoms with Gasteiger partial charge in [0, 0.05) is 23.9 Å². The summed E-state index contributed by atoms with van der Waals surface area (Å²) >= 11 is 3.93. The molecule has 14 nitrogen and oxygen atoms in total. The maximum atomic E-state index is 13.1. The van der Waals surface area contributed by atoms with E-state index in [4.69, 9.17) is 15.2 Å². The summed E-state index contributed by atoms with van der Waals surface area (Å²) in [6.45, 7) is 4.43. The van der Waals surface area contributed by atoms with Gasteiger partial charge in [-0.1, -0.05) is 11.8 Å². The monoisotopic (exact) mass is 582 g/mol. The molecule has 0 aromatic carbocycles. The molecule has 0 saturated carbocycles. The molecule has 38 heavy (non-hydrogen) atoms. The minimum Gasteiger partial charge on any atom is -0.427 e. The predicted octanol–water partition coefficient (Wildman–Crippen LogP) is 0.328. The fraction of sp³-hybridized carbons (Fsp3) is 0.524. The van der Waals surface area contributed by atoms with Crippen molar-refractivity contribution in [3.05, 3.63) is 22.3 Å². The van der Waals surface area contributed by atoms with Gasteiger partial charge in [-0.15, -0.1) is 28.2 Å². The summed E-state index contributed by atoms with van der Waals surface area (Å²) in [5.74, 6) is -1.46. The molecule has 2 atom stereocenters.